The molecule has 0 bridgehead atoms. The van der Waals surface area contributed by atoms with Crippen molar-refractivity contribution in [2.45, 2.75) is 19.8 Å². The van der Waals surface area contributed by atoms with Crippen molar-refractivity contribution >= 4 is 28.8 Å². The normalized spacial score (nSPS) is 10.4. The van der Waals surface area contributed by atoms with Gasteiger partial charge in [-0.2, -0.15) is 0 Å². The van der Waals surface area contributed by atoms with Gasteiger partial charge in [-0.05, 0) is 25.5 Å². The third-order valence-electron chi connectivity index (χ3n) is 3.15. The zero-order chi connectivity index (χ0) is 17.4. The van der Waals surface area contributed by atoms with Gasteiger partial charge in [-0.3, -0.25) is 9.59 Å². The van der Waals surface area contributed by atoms with E-state index in [1.807, 2.05) is 12.1 Å². The predicted molar refractivity (Wildman–Crippen MR) is 85.4 cm³/mol. The van der Waals surface area contributed by atoms with Crippen molar-refractivity contribution in [1.82, 2.24) is 5.32 Å². The Morgan fingerprint density at radius 3 is 2.71 bits per heavy atom. The molecule has 1 aromatic heterocycles. The van der Waals surface area contributed by atoms with E-state index in [2.05, 4.69) is 5.32 Å². The van der Waals surface area contributed by atoms with Crippen molar-refractivity contribution in [1.29, 1.82) is 0 Å². The smallest absolute Gasteiger partial charge is 0.374 e. The van der Waals surface area contributed by atoms with E-state index in [4.69, 9.17) is 13.9 Å². The average Bonchev–Trinajstić information content (AvgIpc) is 3.01. The number of para-hydroxylation sites is 1. The Bertz CT molecular complexity index is 688. The minimum absolute atomic E-state index is 0.0475. The number of carbonyl (C=O) groups is 3. The van der Waals surface area contributed by atoms with Gasteiger partial charge in [-0.25, -0.2) is 4.79 Å². The molecular formula is C17H19NO6. The van der Waals surface area contributed by atoms with Gasteiger partial charge in [0, 0.05) is 18.4 Å². The number of amides is 1. The van der Waals surface area contributed by atoms with E-state index >= 15 is 0 Å². The molecule has 7 nitrogen and oxygen atoms in total. The molecule has 1 heterocycles. The molecule has 24 heavy (non-hydrogen) atoms. The van der Waals surface area contributed by atoms with Gasteiger partial charge in [-0.1, -0.05) is 18.2 Å². The molecule has 0 aliphatic heterocycles. The SMILES string of the molecule is CCOC(=O)CCCNC(=O)COC(=O)c1cc2ccccc2o1. The number of hydrogen-bond acceptors (Lipinski definition) is 6. The highest BCUT2D eigenvalue weighted by Gasteiger charge is 2.15. The fraction of sp³-hybridized carbons (Fsp3) is 0.353. The lowest BCUT2D eigenvalue weighted by Crippen LogP contribution is -2.29. The zero-order valence-corrected chi connectivity index (χ0v) is 13.4. The number of nitrogens with one attached hydrogen (secondary N) is 1. The molecule has 1 amide bonds. The van der Waals surface area contributed by atoms with E-state index in [0.29, 0.717) is 25.2 Å². The van der Waals surface area contributed by atoms with Gasteiger partial charge in [0.05, 0.1) is 6.61 Å². The highest BCUT2D eigenvalue weighted by Crippen LogP contribution is 2.19. The lowest BCUT2D eigenvalue weighted by Gasteiger charge is -2.05. The van der Waals surface area contributed by atoms with Crippen molar-refractivity contribution in [2.24, 2.45) is 0 Å². The topological polar surface area (TPSA) is 94.8 Å². The molecule has 7 heteroatoms. The number of fused-ring (bicyclic) bond motifs is 1. The number of ether oxygens (including phenoxy) is 2. The van der Waals surface area contributed by atoms with Gasteiger partial charge in [0.1, 0.15) is 5.58 Å². The Kier molecular flexibility index (Phi) is 6.36. The number of furan rings is 1. The van der Waals surface area contributed by atoms with Crippen LogP contribution in [0.25, 0.3) is 11.0 Å². The lowest BCUT2D eigenvalue weighted by molar-refractivity contribution is -0.143. The van der Waals surface area contributed by atoms with Crippen molar-refractivity contribution in [3.63, 3.8) is 0 Å². The van der Waals surface area contributed by atoms with Crippen molar-refractivity contribution < 1.29 is 28.3 Å². The summed E-state index contributed by atoms with van der Waals surface area (Å²) in [7, 11) is 0. The van der Waals surface area contributed by atoms with E-state index in [1.165, 1.54) is 0 Å². The summed E-state index contributed by atoms with van der Waals surface area (Å²) in [5, 5.41) is 3.34. The molecule has 0 spiro atoms. The highest BCUT2D eigenvalue weighted by atomic mass is 16.5. The van der Waals surface area contributed by atoms with Crippen molar-refractivity contribution in [2.75, 3.05) is 19.8 Å². The van der Waals surface area contributed by atoms with E-state index < -0.39 is 18.5 Å². The molecule has 1 N–H and O–H groups in total. The Labute approximate surface area is 138 Å². The standard InChI is InChI=1S/C17H19NO6/c1-2-22-16(20)8-5-9-18-15(19)11-23-17(21)14-10-12-6-3-4-7-13(12)24-14/h3-4,6-7,10H,2,5,8-9,11H2,1H3,(H,18,19). The number of rotatable bonds is 8. The first-order chi connectivity index (χ1) is 11.6. The monoisotopic (exact) mass is 333 g/mol. The van der Waals surface area contributed by atoms with Gasteiger partial charge in [0.2, 0.25) is 5.76 Å². The average molecular weight is 333 g/mol. The maximum Gasteiger partial charge on any atom is 0.374 e. The molecule has 128 valence electrons. The minimum atomic E-state index is -0.701. The van der Waals surface area contributed by atoms with Crippen LogP contribution in [-0.4, -0.2) is 37.6 Å². The van der Waals surface area contributed by atoms with Crippen LogP contribution in [0.2, 0.25) is 0 Å². The summed E-state index contributed by atoms with van der Waals surface area (Å²) in [6.45, 7) is 1.97. The van der Waals surface area contributed by atoms with Crippen LogP contribution in [0.4, 0.5) is 0 Å². The first kappa shape index (κ1) is 17.5. The first-order valence-electron chi connectivity index (χ1n) is 7.68. The van der Waals surface area contributed by atoms with Crippen LogP contribution in [0, 0.1) is 0 Å². The Hall–Kier alpha value is -2.83. The fourth-order valence-electron chi connectivity index (χ4n) is 2.03. The van der Waals surface area contributed by atoms with E-state index in [9.17, 15) is 14.4 Å². The first-order valence-corrected chi connectivity index (χ1v) is 7.68. The van der Waals surface area contributed by atoms with Gasteiger partial charge in [0.25, 0.3) is 5.91 Å². The Balaban J connectivity index is 1.69. The number of esters is 2. The molecule has 0 atom stereocenters. The predicted octanol–water partition coefficient (Wildman–Crippen LogP) is 2.05. The molecule has 0 unspecified atom stereocenters. The summed E-state index contributed by atoms with van der Waals surface area (Å²) < 4.78 is 15.0. The summed E-state index contributed by atoms with van der Waals surface area (Å²) >= 11 is 0. The van der Waals surface area contributed by atoms with Crippen LogP contribution in [0.3, 0.4) is 0 Å². The Morgan fingerprint density at radius 1 is 1.17 bits per heavy atom. The molecule has 2 rings (SSSR count). The zero-order valence-electron chi connectivity index (χ0n) is 13.4. The van der Waals surface area contributed by atoms with Gasteiger partial charge >= 0.3 is 11.9 Å². The molecule has 0 radical (unpaired) electrons. The van der Waals surface area contributed by atoms with Gasteiger partial charge in [-0.15, -0.1) is 0 Å². The fourth-order valence-corrected chi connectivity index (χ4v) is 2.03. The lowest BCUT2D eigenvalue weighted by atomic mass is 10.2. The summed E-state index contributed by atoms with van der Waals surface area (Å²) in [5.41, 5.74) is 0.577. The van der Waals surface area contributed by atoms with E-state index in [0.717, 1.165) is 5.39 Å². The molecule has 0 fully saturated rings. The molecule has 0 aliphatic carbocycles. The summed E-state index contributed by atoms with van der Waals surface area (Å²) in [4.78, 5) is 34.6. The second kappa shape index (κ2) is 8.71. The summed E-state index contributed by atoms with van der Waals surface area (Å²) in [6.07, 6.45) is 0.689. The molecular weight excluding hydrogens is 314 g/mol. The second-order valence-corrected chi connectivity index (χ2v) is 4.98. The highest BCUT2D eigenvalue weighted by molar-refractivity contribution is 5.93. The molecule has 0 aliphatic rings. The summed E-state index contributed by atoms with van der Waals surface area (Å²) in [5.74, 6) is -1.40. The minimum Gasteiger partial charge on any atom is -0.466 e. The van der Waals surface area contributed by atoms with Crippen LogP contribution < -0.4 is 5.32 Å². The second-order valence-electron chi connectivity index (χ2n) is 4.98. The third kappa shape index (κ3) is 5.12. The number of benzene rings is 1. The van der Waals surface area contributed by atoms with Gasteiger partial charge in [0.15, 0.2) is 6.61 Å². The van der Waals surface area contributed by atoms with Crippen molar-refractivity contribution in [3.05, 3.63) is 36.1 Å². The maximum absolute atomic E-state index is 11.9. The molecule has 0 saturated heterocycles. The van der Waals surface area contributed by atoms with Crippen LogP contribution in [0.5, 0.6) is 0 Å². The third-order valence-corrected chi connectivity index (χ3v) is 3.15. The number of hydrogen-bond donors (Lipinski definition) is 1. The maximum atomic E-state index is 11.9. The van der Waals surface area contributed by atoms with Crippen LogP contribution >= 0.6 is 0 Å². The summed E-state index contributed by atoms with van der Waals surface area (Å²) in [6, 6.07) is 8.74. The molecule has 0 saturated carbocycles. The van der Waals surface area contributed by atoms with Crippen molar-refractivity contribution in [3.8, 4) is 0 Å². The number of carbonyl (C=O) groups excluding carboxylic acids is 3. The largest absolute Gasteiger partial charge is 0.466 e. The Morgan fingerprint density at radius 2 is 1.96 bits per heavy atom. The van der Waals surface area contributed by atoms with Crippen LogP contribution in [0.1, 0.15) is 30.3 Å². The quantitative estimate of drug-likeness (QED) is 0.587. The van der Waals surface area contributed by atoms with E-state index in [-0.39, 0.29) is 18.2 Å². The molecule has 1 aromatic carbocycles. The van der Waals surface area contributed by atoms with E-state index in [1.54, 1.807) is 25.1 Å². The van der Waals surface area contributed by atoms with Gasteiger partial charge < -0.3 is 19.2 Å². The molecule has 2 aromatic rings. The van der Waals surface area contributed by atoms with Crippen LogP contribution in [-0.2, 0) is 19.1 Å². The van der Waals surface area contributed by atoms with Crippen LogP contribution in [0.15, 0.2) is 34.7 Å².